The van der Waals surface area contributed by atoms with Crippen molar-refractivity contribution in [3.8, 4) is 0 Å². The average molecular weight is 263 g/mol. The van der Waals surface area contributed by atoms with Gasteiger partial charge < -0.3 is 14.9 Å². The highest BCUT2D eigenvalue weighted by Crippen LogP contribution is 2.26. The van der Waals surface area contributed by atoms with Gasteiger partial charge in [0, 0.05) is 10.6 Å². The van der Waals surface area contributed by atoms with Crippen LogP contribution in [0.25, 0.3) is 0 Å². The third-order valence-corrected chi connectivity index (χ3v) is 3.41. The van der Waals surface area contributed by atoms with E-state index in [1.54, 1.807) is 30.2 Å². The van der Waals surface area contributed by atoms with Crippen molar-refractivity contribution in [2.45, 2.75) is 10.6 Å². The van der Waals surface area contributed by atoms with E-state index in [-0.39, 0.29) is 0 Å². The van der Waals surface area contributed by atoms with E-state index in [4.69, 9.17) is 10.2 Å². The molecule has 0 aliphatic rings. The van der Waals surface area contributed by atoms with Crippen LogP contribution in [0.15, 0.2) is 45.9 Å². The predicted molar refractivity (Wildman–Crippen MR) is 70.5 cm³/mol. The molecule has 5 heteroatoms. The predicted octanol–water partition coefficient (Wildman–Crippen LogP) is 2.94. The highest BCUT2D eigenvalue weighted by atomic mass is 32.2. The molecule has 1 heterocycles. The lowest BCUT2D eigenvalue weighted by Gasteiger charge is -2.06. The van der Waals surface area contributed by atoms with Gasteiger partial charge in [0.05, 0.1) is 24.7 Å². The molecule has 2 N–H and O–H groups in total. The van der Waals surface area contributed by atoms with Crippen molar-refractivity contribution < 1.29 is 13.9 Å². The molecule has 94 valence electrons. The second kappa shape index (κ2) is 5.64. The minimum absolute atomic E-state index is 0.391. The highest BCUT2D eigenvalue weighted by molar-refractivity contribution is 7.98. The van der Waals surface area contributed by atoms with Gasteiger partial charge in [-0.15, -0.1) is 11.8 Å². The zero-order valence-electron chi connectivity index (χ0n) is 9.88. The van der Waals surface area contributed by atoms with E-state index in [0.29, 0.717) is 17.0 Å². The maximum Gasteiger partial charge on any atom is 0.339 e. The van der Waals surface area contributed by atoms with Crippen molar-refractivity contribution in [1.82, 2.24) is 0 Å². The lowest BCUT2D eigenvalue weighted by atomic mass is 10.2. The Kier molecular flexibility index (Phi) is 3.94. The van der Waals surface area contributed by atoms with Gasteiger partial charge in [-0.2, -0.15) is 0 Å². The van der Waals surface area contributed by atoms with Crippen LogP contribution in [0.5, 0.6) is 0 Å². The van der Waals surface area contributed by atoms with Crippen LogP contribution in [-0.4, -0.2) is 13.1 Å². The van der Waals surface area contributed by atoms with Crippen molar-refractivity contribution >= 4 is 23.4 Å². The van der Waals surface area contributed by atoms with Crippen molar-refractivity contribution in [2.24, 2.45) is 0 Å². The van der Waals surface area contributed by atoms with Crippen LogP contribution in [0.4, 0.5) is 5.69 Å². The zero-order chi connectivity index (χ0) is 13.0. The second-order valence-corrected chi connectivity index (χ2v) is 4.66. The Morgan fingerprint density at radius 2 is 2.28 bits per heavy atom. The molecule has 0 fully saturated rings. The third-order valence-electron chi connectivity index (χ3n) is 2.39. The van der Waals surface area contributed by atoms with Gasteiger partial charge in [0.15, 0.2) is 0 Å². The normalized spacial score (nSPS) is 10.3. The van der Waals surface area contributed by atoms with Crippen LogP contribution in [0.1, 0.15) is 16.1 Å². The summed E-state index contributed by atoms with van der Waals surface area (Å²) in [7, 11) is 1.34. The van der Waals surface area contributed by atoms with Crippen molar-refractivity contribution in [3.05, 3.63) is 47.9 Å². The first kappa shape index (κ1) is 12.6. The lowest BCUT2D eigenvalue weighted by Crippen LogP contribution is -2.05. The molecular weight excluding hydrogens is 250 g/mol. The molecule has 2 aromatic rings. The van der Waals surface area contributed by atoms with Gasteiger partial charge in [0.2, 0.25) is 0 Å². The smallest absolute Gasteiger partial charge is 0.339 e. The summed E-state index contributed by atoms with van der Waals surface area (Å²) in [6, 6.07) is 9.06. The van der Waals surface area contributed by atoms with Gasteiger partial charge in [0.1, 0.15) is 5.76 Å². The summed E-state index contributed by atoms with van der Waals surface area (Å²) in [5, 5.41) is 0. The molecule has 0 saturated carbocycles. The van der Waals surface area contributed by atoms with Crippen LogP contribution in [-0.2, 0) is 10.5 Å². The van der Waals surface area contributed by atoms with Crippen LogP contribution in [0.3, 0.4) is 0 Å². The van der Waals surface area contributed by atoms with E-state index in [9.17, 15) is 4.79 Å². The van der Waals surface area contributed by atoms with Gasteiger partial charge in [-0.3, -0.25) is 0 Å². The molecule has 0 unspecified atom stereocenters. The molecule has 0 atom stereocenters. The minimum atomic E-state index is -0.423. The number of hydrogen-bond acceptors (Lipinski definition) is 5. The fourth-order valence-corrected chi connectivity index (χ4v) is 2.30. The van der Waals surface area contributed by atoms with E-state index in [1.165, 1.54) is 7.11 Å². The summed E-state index contributed by atoms with van der Waals surface area (Å²) in [5.74, 6) is 1.17. The Bertz CT molecular complexity index is 537. The van der Waals surface area contributed by atoms with Crippen molar-refractivity contribution in [2.75, 3.05) is 12.8 Å². The number of ether oxygens (including phenoxy) is 1. The number of anilines is 1. The SMILES string of the molecule is COC(=O)c1cc(SCc2ccco2)ccc1N. The quantitative estimate of drug-likeness (QED) is 0.522. The Hall–Kier alpha value is -1.88. The summed E-state index contributed by atoms with van der Waals surface area (Å²) in [4.78, 5) is 12.4. The average Bonchev–Trinajstić information content (AvgIpc) is 2.90. The molecule has 0 amide bonds. The lowest BCUT2D eigenvalue weighted by molar-refractivity contribution is 0.0601. The molecule has 0 saturated heterocycles. The molecule has 0 aliphatic carbocycles. The molecular formula is C13H13NO3S. The number of nitrogen functional groups attached to an aromatic ring is 1. The second-order valence-electron chi connectivity index (χ2n) is 3.61. The number of thioether (sulfide) groups is 1. The largest absolute Gasteiger partial charge is 0.468 e. The minimum Gasteiger partial charge on any atom is -0.468 e. The standard InChI is InChI=1S/C13H13NO3S/c1-16-13(15)11-7-10(4-5-12(11)14)18-8-9-3-2-6-17-9/h2-7H,8,14H2,1H3. The van der Waals surface area contributed by atoms with Gasteiger partial charge in [-0.05, 0) is 30.3 Å². The van der Waals surface area contributed by atoms with Gasteiger partial charge in [-0.1, -0.05) is 0 Å². The Morgan fingerprint density at radius 3 is 2.94 bits per heavy atom. The summed E-state index contributed by atoms with van der Waals surface area (Å²) >= 11 is 1.57. The number of esters is 1. The molecule has 1 aromatic carbocycles. The molecule has 0 aliphatic heterocycles. The van der Waals surface area contributed by atoms with Gasteiger partial charge in [-0.25, -0.2) is 4.79 Å². The number of nitrogens with two attached hydrogens (primary N) is 1. The molecule has 0 radical (unpaired) electrons. The van der Waals surface area contributed by atoms with Gasteiger partial charge >= 0.3 is 5.97 Å². The van der Waals surface area contributed by atoms with E-state index in [2.05, 4.69) is 4.74 Å². The fraction of sp³-hybridized carbons (Fsp3) is 0.154. The molecule has 18 heavy (non-hydrogen) atoms. The van der Waals surface area contributed by atoms with Crippen molar-refractivity contribution in [3.63, 3.8) is 0 Å². The Labute approximate surface area is 109 Å². The number of rotatable bonds is 4. The number of methoxy groups -OCH3 is 1. The summed E-state index contributed by atoms with van der Waals surface area (Å²) in [6.07, 6.45) is 1.64. The number of furan rings is 1. The molecule has 2 rings (SSSR count). The van der Waals surface area contributed by atoms with Crippen LogP contribution >= 0.6 is 11.8 Å². The molecule has 0 spiro atoms. The number of benzene rings is 1. The Morgan fingerprint density at radius 1 is 1.44 bits per heavy atom. The topological polar surface area (TPSA) is 65.5 Å². The molecule has 1 aromatic heterocycles. The number of carbonyl (C=O) groups is 1. The third kappa shape index (κ3) is 2.87. The monoisotopic (exact) mass is 263 g/mol. The first-order valence-electron chi connectivity index (χ1n) is 5.33. The first-order chi connectivity index (χ1) is 8.70. The van der Waals surface area contributed by atoms with Crippen LogP contribution in [0, 0.1) is 0 Å². The summed E-state index contributed by atoms with van der Waals surface area (Å²) in [6.45, 7) is 0. The van der Waals surface area contributed by atoms with Crippen LogP contribution < -0.4 is 5.73 Å². The first-order valence-corrected chi connectivity index (χ1v) is 6.32. The van der Waals surface area contributed by atoms with E-state index in [1.807, 2.05) is 18.2 Å². The van der Waals surface area contributed by atoms with E-state index < -0.39 is 5.97 Å². The number of hydrogen-bond donors (Lipinski definition) is 1. The van der Waals surface area contributed by atoms with Crippen LogP contribution in [0.2, 0.25) is 0 Å². The highest BCUT2D eigenvalue weighted by Gasteiger charge is 2.11. The Balaban J connectivity index is 2.12. The zero-order valence-corrected chi connectivity index (χ0v) is 10.7. The van der Waals surface area contributed by atoms with Gasteiger partial charge in [0.25, 0.3) is 0 Å². The summed E-state index contributed by atoms with van der Waals surface area (Å²) < 4.78 is 9.92. The molecule has 4 nitrogen and oxygen atoms in total. The van der Waals surface area contributed by atoms with Crippen molar-refractivity contribution in [1.29, 1.82) is 0 Å². The maximum atomic E-state index is 11.5. The van der Waals surface area contributed by atoms with E-state index in [0.717, 1.165) is 10.7 Å². The summed E-state index contributed by atoms with van der Waals surface area (Å²) in [5.41, 5.74) is 6.54. The fourth-order valence-electron chi connectivity index (χ4n) is 1.46. The maximum absolute atomic E-state index is 11.5. The van der Waals surface area contributed by atoms with E-state index >= 15 is 0 Å². The molecule has 0 bridgehead atoms. The number of carbonyl (C=O) groups excluding carboxylic acids is 1.